The number of imidazole rings is 1. The standard InChI is InChI=1S/C14H15N5O/c1-18-8-10(6-17-18)13-7-16-9-19(13)11-3-4-14(20-2)12(15)5-11/h3-9H,15H2,1-2H3. The molecule has 3 aromatic rings. The Morgan fingerprint density at radius 3 is 2.75 bits per heavy atom. The lowest BCUT2D eigenvalue weighted by Crippen LogP contribution is -1.98. The number of anilines is 1. The Bertz CT molecular complexity index is 744. The van der Waals surface area contributed by atoms with Crippen LogP contribution in [0.25, 0.3) is 16.9 Å². The summed E-state index contributed by atoms with van der Waals surface area (Å²) in [6.07, 6.45) is 7.31. The van der Waals surface area contributed by atoms with E-state index in [-0.39, 0.29) is 0 Å². The molecule has 0 radical (unpaired) electrons. The lowest BCUT2D eigenvalue weighted by Gasteiger charge is -2.10. The zero-order valence-corrected chi connectivity index (χ0v) is 11.3. The van der Waals surface area contributed by atoms with Crippen LogP contribution in [0, 0.1) is 0 Å². The summed E-state index contributed by atoms with van der Waals surface area (Å²) in [5.41, 5.74) is 9.44. The van der Waals surface area contributed by atoms with Gasteiger partial charge in [0.1, 0.15) is 5.75 Å². The van der Waals surface area contributed by atoms with Gasteiger partial charge in [0.25, 0.3) is 0 Å². The zero-order valence-electron chi connectivity index (χ0n) is 11.3. The number of nitrogens with zero attached hydrogens (tertiary/aromatic N) is 4. The van der Waals surface area contributed by atoms with Crippen LogP contribution in [0.2, 0.25) is 0 Å². The molecule has 0 aliphatic heterocycles. The molecule has 1 aromatic carbocycles. The molecule has 0 atom stereocenters. The largest absolute Gasteiger partial charge is 0.495 e. The number of methoxy groups -OCH3 is 1. The van der Waals surface area contributed by atoms with E-state index in [1.165, 1.54) is 0 Å². The molecule has 0 spiro atoms. The van der Waals surface area contributed by atoms with E-state index in [1.807, 2.05) is 36.0 Å². The predicted molar refractivity (Wildman–Crippen MR) is 76.7 cm³/mol. The molecule has 0 fully saturated rings. The molecule has 0 bridgehead atoms. The van der Waals surface area contributed by atoms with Crippen molar-refractivity contribution in [1.82, 2.24) is 19.3 Å². The number of benzene rings is 1. The van der Waals surface area contributed by atoms with Crippen molar-refractivity contribution in [2.75, 3.05) is 12.8 Å². The van der Waals surface area contributed by atoms with E-state index in [0.29, 0.717) is 11.4 Å². The third kappa shape index (κ3) is 2.01. The minimum absolute atomic E-state index is 0.593. The lowest BCUT2D eigenvalue weighted by atomic mass is 10.2. The highest BCUT2D eigenvalue weighted by Crippen LogP contribution is 2.27. The zero-order chi connectivity index (χ0) is 14.1. The third-order valence-electron chi connectivity index (χ3n) is 3.13. The summed E-state index contributed by atoms with van der Waals surface area (Å²) in [5.74, 6) is 0.664. The summed E-state index contributed by atoms with van der Waals surface area (Å²) in [4.78, 5) is 4.21. The maximum atomic E-state index is 5.96. The van der Waals surface area contributed by atoms with Crippen molar-refractivity contribution >= 4 is 5.69 Å². The van der Waals surface area contributed by atoms with E-state index in [4.69, 9.17) is 10.5 Å². The highest BCUT2D eigenvalue weighted by Gasteiger charge is 2.10. The highest BCUT2D eigenvalue weighted by molar-refractivity contribution is 5.63. The number of ether oxygens (including phenoxy) is 1. The van der Waals surface area contributed by atoms with Crippen LogP contribution in [0.1, 0.15) is 0 Å². The van der Waals surface area contributed by atoms with Crippen LogP contribution in [0.4, 0.5) is 5.69 Å². The number of rotatable bonds is 3. The minimum Gasteiger partial charge on any atom is -0.495 e. The molecule has 2 N–H and O–H groups in total. The first-order valence-electron chi connectivity index (χ1n) is 6.14. The number of aromatic nitrogens is 4. The summed E-state index contributed by atoms with van der Waals surface area (Å²) < 4.78 is 8.90. The topological polar surface area (TPSA) is 70.9 Å². The average Bonchev–Trinajstić information content (AvgIpc) is 3.06. The Morgan fingerprint density at radius 1 is 1.25 bits per heavy atom. The van der Waals surface area contributed by atoms with E-state index in [2.05, 4.69) is 10.1 Å². The molecule has 20 heavy (non-hydrogen) atoms. The van der Waals surface area contributed by atoms with Gasteiger partial charge in [-0.05, 0) is 18.2 Å². The molecule has 0 saturated heterocycles. The Morgan fingerprint density at radius 2 is 2.10 bits per heavy atom. The van der Waals surface area contributed by atoms with E-state index >= 15 is 0 Å². The van der Waals surface area contributed by atoms with Crippen LogP contribution in [-0.4, -0.2) is 26.4 Å². The van der Waals surface area contributed by atoms with Crippen molar-refractivity contribution in [3.05, 3.63) is 43.1 Å². The van der Waals surface area contributed by atoms with Crippen LogP contribution in [0.3, 0.4) is 0 Å². The fraction of sp³-hybridized carbons (Fsp3) is 0.143. The molecule has 6 nitrogen and oxygen atoms in total. The second kappa shape index (κ2) is 4.73. The van der Waals surface area contributed by atoms with Gasteiger partial charge in [-0.25, -0.2) is 4.98 Å². The highest BCUT2D eigenvalue weighted by atomic mass is 16.5. The SMILES string of the molecule is COc1ccc(-n2cncc2-c2cnn(C)c2)cc1N. The number of hydrogen-bond donors (Lipinski definition) is 1. The minimum atomic E-state index is 0.593. The van der Waals surface area contributed by atoms with Crippen LogP contribution >= 0.6 is 0 Å². The van der Waals surface area contributed by atoms with Gasteiger partial charge in [0.05, 0.1) is 37.2 Å². The van der Waals surface area contributed by atoms with Gasteiger partial charge in [-0.1, -0.05) is 0 Å². The Kier molecular flexibility index (Phi) is 2.90. The summed E-state index contributed by atoms with van der Waals surface area (Å²) >= 11 is 0. The van der Waals surface area contributed by atoms with Crippen molar-refractivity contribution < 1.29 is 4.74 Å². The quantitative estimate of drug-likeness (QED) is 0.737. The molecule has 0 amide bonds. The van der Waals surface area contributed by atoms with Crippen molar-refractivity contribution in [3.63, 3.8) is 0 Å². The molecule has 0 aliphatic rings. The summed E-state index contributed by atoms with van der Waals surface area (Å²) in [6.45, 7) is 0. The molecule has 0 aliphatic carbocycles. The molecule has 2 aromatic heterocycles. The second-order valence-corrected chi connectivity index (χ2v) is 4.48. The molecule has 2 heterocycles. The fourth-order valence-corrected chi connectivity index (χ4v) is 2.14. The van der Waals surface area contributed by atoms with Gasteiger partial charge in [-0.15, -0.1) is 0 Å². The smallest absolute Gasteiger partial charge is 0.141 e. The predicted octanol–water partition coefficient (Wildman–Crippen LogP) is 1.86. The number of aryl methyl sites for hydroxylation is 1. The van der Waals surface area contributed by atoms with Crippen molar-refractivity contribution in [1.29, 1.82) is 0 Å². The monoisotopic (exact) mass is 269 g/mol. The van der Waals surface area contributed by atoms with Gasteiger partial charge < -0.3 is 10.5 Å². The molecule has 0 unspecified atom stereocenters. The van der Waals surface area contributed by atoms with Crippen molar-refractivity contribution in [2.45, 2.75) is 0 Å². The lowest BCUT2D eigenvalue weighted by molar-refractivity contribution is 0.417. The molecule has 102 valence electrons. The van der Waals surface area contributed by atoms with Crippen LogP contribution in [-0.2, 0) is 7.05 Å². The average molecular weight is 269 g/mol. The van der Waals surface area contributed by atoms with Crippen molar-refractivity contribution in [3.8, 4) is 22.7 Å². The first kappa shape index (κ1) is 12.3. The van der Waals surface area contributed by atoms with Gasteiger partial charge in [-0.2, -0.15) is 5.10 Å². The van der Waals surface area contributed by atoms with E-state index in [1.54, 1.807) is 30.5 Å². The number of nitrogen functional groups attached to an aromatic ring is 1. The Hall–Kier alpha value is -2.76. The van der Waals surface area contributed by atoms with Gasteiger partial charge in [0.2, 0.25) is 0 Å². The van der Waals surface area contributed by atoms with E-state index in [0.717, 1.165) is 16.9 Å². The molecule has 3 rings (SSSR count). The summed E-state index contributed by atoms with van der Waals surface area (Å²) in [5, 5.41) is 4.18. The van der Waals surface area contributed by atoms with Crippen molar-refractivity contribution in [2.24, 2.45) is 7.05 Å². The summed E-state index contributed by atoms with van der Waals surface area (Å²) in [7, 11) is 3.49. The normalized spacial score (nSPS) is 10.7. The maximum absolute atomic E-state index is 5.96. The molecular weight excluding hydrogens is 254 g/mol. The van der Waals surface area contributed by atoms with E-state index < -0.39 is 0 Å². The maximum Gasteiger partial charge on any atom is 0.141 e. The van der Waals surface area contributed by atoms with Gasteiger partial charge in [0, 0.05) is 24.5 Å². The Balaban J connectivity index is 2.07. The number of hydrogen-bond acceptors (Lipinski definition) is 4. The number of nitrogens with two attached hydrogens (primary N) is 1. The van der Waals surface area contributed by atoms with Gasteiger partial charge in [-0.3, -0.25) is 9.25 Å². The first-order chi connectivity index (χ1) is 9.69. The van der Waals surface area contributed by atoms with Crippen LogP contribution in [0.15, 0.2) is 43.1 Å². The molecule has 0 saturated carbocycles. The van der Waals surface area contributed by atoms with E-state index in [9.17, 15) is 0 Å². The van der Waals surface area contributed by atoms with Gasteiger partial charge >= 0.3 is 0 Å². The van der Waals surface area contributed by atoms with Crippen LogP contribution in [0.5, 0.6) is 5.75 Å². The second-order valence-electron chi connectivity index (χ2n) is 4.48. The first-order valence-corrected chi connectivity index (χ1v) is 6.14. The molecule has 6 heteroatoms. The van der Waals surface area contributed by atoms with Crippen LogP contribution < -0.4 is 10.5 Å². The Labute approximate surface area is 116 Å². The third-order valence-corrected chi connectivity index (χ3v) is 3.13. The van der Waals surface area contributed by atoms with Gasteiger partial charge in [0.15, 0.2) is 0 Å². The summed E-state index contributed by atoms with van der Waals surface area (Å²) in [6, 6.07) is 5.65. The fourth-order valence-electron chi connectivity index (χ4n) is 2.14. The molecular formula is C14H15N5O.